The number of hydrogen-bond acceptors (Lipinski definition) is 3. The Balaban J connectivity index is 1.53. The summed E-state index contributed by atoms with van der Waals surface area (Å²) in [5.41, 5.74) is 0. The lowest BCUT2D eigenvalue weighted by Gasteiger charge is -2.26. The minimum absolute atomic E-state index is 0.0808. The molecule has 1 unspecified atom stereocenters. The van der Waals surface area contributed by atoms with Crippen LogP contribution in [0.2, 0.25) is 0 Å². The summed E-state index contributed by atoms with van der Waals surface area (Å²) in [7, 11) is 5.54. The first-order chi connectivity index (χ1) is 13.1. The number of rotatable bonds is 10. The Morgan fingerprint density at radius 1 is 1.04 bits per heavy atom. The highest BCUT2D eigenvalue weighted by atomic mass is 16.2. The summed E-state index contributed by atoms with van der Waals surface area (Å²) in [6.07, 6.45) is 12.9. The molecule has 0 aromatic heterocycles. The number of hydrogen-bond donors (Lipinski definition) is 2. The van der Waals surface area contributed by atoms with Gasteiger partial charge in [0.1, 0.15) is 0 Å². The number of likely N-dealkylation sites (tertiary alicyclic amines) is 1. The SMILES string of the molecule is CN=C(NCCCCC1CCCC1)NCCCN1CCCC1C(=O)N(C)C. The summed E-state index contributed by atoms with van der Waals surface area (Å²) < 4.78 is 0. The maximum absolute atomic E-state index is 12.2. The minimum Gasteiger partial charge on any atom is -0.356 e. The Kier molecular flexibility index (Phi) is 9.95. The Hall–Kier alpha value is -1.30. The molecule has 6 heteroatoms. The number of guanidine groups is 1. The molecule has 6 nitrogen and oxygen atoms in total. The van der Waals surface area contributed by atoms with Crippen LogP contribution in [0.15, 0.2) is 4.99 Å². The van der Waals surface area contributed by atoms with Crippen molar-refractivity contribution in [2.75, 3.05) is 47.3 Å². The summed E-state index contributed by atoms with van der Waals surface area (Å²) in [6.45, 7) is 3.90. The summed E-state index contributed by atoms with van der Waals surface area (Å²) in [5.74, 6) is 2.14. The molecule has 0 radical (unpaired) electrons. The number of carbonyl (C=O) groups excluding carboxylic acids is 1. The molecule has 1 aliphatic carbocycles. The van der Waals surface area contributed by atoms with E-state index >= 15 is 0 Å². The quantitative estimate of drug-likeness (QED) is 0.348. The molecule has 0 aromatic carbocycles. The van der Waals surface area contributed by atoms with E-state index in [0.29, 0.717) is 0 Å². The smallest absolute Gasteiger partial charge is 0.239 e. The fourth-order valence-corrected chi connectivity index (χ4v) is 4.44. The van der Waals surface area contributed by atoms with Crippen molar-refractivity contribution in [2.45, 2.75) is 70.3 Å². The van der Waals surface area contributed by atoms with E-state index in [2.05, 4.69) is 20.5 Å². The first-order valence-electron chi connectivity index (χ1n) is 11.0. The van der Waals surface area contributed by atoms with Gasteiger partial charge < -0.3 is 15.5 Å². The number of aliphatic imine (C=N–C) groups is 1. The number of nitrogens with zero attached hydrogens (tertiary/aromatic N) is 3. The molecule has 27 heavy (non-hydrogen) atoms. The predicted molar refractivity (Wildman–Crippen MR) is 113 cm³/mol. The highest BCUT2D eigenvalue weighted by molar-refractivity contribution is 5.81. The van der Waals surface area contributed by atoms with Gasteiger partial charge in [-0.2, -0.15) is 0 Å². The van der Waals surface area contributed by atoms with Crippen LogP contribution in [-0.2, 0) is 4.79 Å². The third-order valence-corrected chi connectivity index (χ3v) is 6.03. The summed E-state index contributed by atoms with van der Waals surface area (Å²) in [4.78, 5) is 20.6. The van der Waals surface area contributed by atoms with E-state index in [4.69, 9.17) is 0 Å². The first kappa shape index (κ1) is 22.0. The zero-order valence-electron chi connectivity index (χ0n) is 17.8. The van der Waals surface area contributed by atoms with Crippen LogP contribution in [0.25, 0.3) is 0 Å². The van der Waals surface area contributed by atoms with Crippen LogP contribution in [0.3, 0.4) is 0 Å². The molecule has 1 saturated carbocycles. The van der Waals surface area contributed by atoms with Gasteiger partial charge in [-0.15, -0.1) is 0 Å². The normalized spacial score (nSPS) is 21.6. The molecule has 156 valence electrons. The second-order valence-electron chi connectivity index (χ2n) is 8.35. The Bertz CT molecular complexity index is 459. The minimum atomic E-state index is 0.0808. The van der Waals surface area contributed by atoms with Gasteiger partial charge in [-0.1, -0.05) is 38.5 Å². The lowest BCUT2D eigenvalue weighted by molar-refractivity contribution is -0.133. The number of amides is 1. The molecule has 0 bridgehead atoms. The first-order valence-corrected chi connectivity index (χ1v) is 11.0. The van der Waals surface area contributed by atoms with Gasteiger partial charge in [0.2, 0.25) is 5.91 Å². The molecule has 2 rings (SSSR count). The monoisotopic (exact) mass is 379 g/mol. The van der Waals surface area contributed by atoms with Gasteiger partial charge >= 0.3 is 0 Å². The maximum Gasteiger partial charge on any atom is 0.239 e. The molecule has 2 aliphatic rings. The molecular formula is C21H41N5O. The van der Waals surface area contributed by atoms with Gasteiger partial charge in [0.25, 0.3) is 0 Å². The van der Waals surface area contributed by atoms with Crippen molar-refractivity contribution < 1.29 is 4.79 Å². The molecule has 2 N–H and O–H groups in total. The largest absolute Gasteiger partial charge is 0.356 e. The van der Waals surface area contributed by atoms with Crippen LogP contribution < -0.4 is 10.6 Å². The van der Waals surface area contributed by atoms with Crippen LogP contribution in [-0.4, -0.2) is 75.0 Å². The van der Waals surface area contributed by atoms with Crippen molar-refractivity contribution in [3.63, 3.8) is 0 Å². The molecule has 2 fully saturated rings. The maximum atomic E-state index is 12.2. The van der Waals surface area contributed by atoms with Crippen LogP contribution in [0, 0.1) is 5.92 Å². The predicted octanol–water partition coefficient (Wildman–Crippen LogP) is 2.45. The van der Waals surface area contributed by atoms with E-state index in [9.17, 15) is 4.79 Å². The number of nitrogens with one attached hydrogen (secondary N) is 2. The number of carbonyl (C=O) groups is 1. The van der Waals surface area contributed by atoms with E-state index in [-0.39, 0.29) is 11.9 Å². The Labute approximate surface area is 166 Å². The second-order valence-corrected chi connectivity index (χ2v) is 8.35. The molecule has 1 aliphatic heterocycles. The van der Waals surface area contributed by atoms with Gasteiger partial charge in [0.15, 0.2) is 5.96 Å². The van der Waals surface area contributed by atoms with Crippen molar-refractivity contribution in [1.29, 1.82) is 0 Å². The average Bonchev–Trinajstić information content (AvgIpc) is 3.34. The standard InChI is InChI=1S/C21H41N5O/c1-22-21(23-14-7-6-12-18-10-4-5-11-18)24-15-9-17-26-16-8-13-19(26)20(27)25(2)3/h18-19H,4-17H2,1-3H3,(H2,22,23,24). The van der Waals surface area contributed by atoms with Gasteiger partial charge in [0, 0.05) is 40.8 Å². The second kappa shape index (κ2) is 12.2. The van der Waals surface area contributed by atoms with E-state index < -0.39 is 0 Å². The zero-order valence-corrected chi connectivity index (χ0v) is 17.8. The fourth-order valence-electron chi connectivity index (χ4n) is 4.44. The van der Waals surface area contributed by atoms with Gasteiger partial charge in [-0.25, -0.2) is 0 Å². The Morgan fingerprint density at radius 2 is 1.74 bits per heavy atom. The van der Waals surface area contributed by atoms with E-state index in [1.54, 1.807) is 4.90 Å². The van der Waals surface area contributed by atoms with Gasteiger partial charge in [-0.3, -0.25) is 14.7 Å². The molecule has 1 saturated heterocycles. The highest BCUT2D eigenvalue weighted by Gasteiger charge is 2.30. The van der Waals surface area contributed by atoms with Crippen molar-refractivity contribution in [2.24, 2.45) is 10.9 Å². The molecule has 1 heterocycles. The summed E-state index contributed by atoms with van der Waals surface area (Å²) in [6, 6.07) is 0.0808. The van der Waals surface area contributed by atoms with Crippen LogP contribution in [0.4, 0.5) is 0 Å². The van der Waals surface area contributed by atoms with Gasteiger partial charge in [-0.05, 0) is 38.1 Å². The van der Waals surface area contributed by atoms with E-state index in [1.165, 1.54) is 44.9 Å². The lowest BCUT2D eigenvalue weighted by atomic mass is 10.0. The van der Waals surface area contributed by atoms with Crippen LogP contribution in [0.1, 0.15) is 64.2 Å². The molecular weight excluding hydrogens is 338 g/mol. The fraction of sp³-hybridized carbons (Fsp3) is 0.905. The molecule has 0 aromatic rings. The van der Waals surface area contributed by atoms with E-state index in [1.807, 2.05) is 21.1 Å². The van der Waals surface area contributed by atoms with Gasteiger partial charge in [0.05, 0.1) is 6.04 Å². The van der Waals surface area contributed by atoms with Crippen LogP contribution in [0.5, 0.6) is 0 Å². The topological polar surface area (TPSA) is 60.0 Å². The molecule has 1 amide bonds. The van der Waals surface area contributed by atoms with E-state index in [0.717, 1.165) is 57.3 Å². The highest BCUT2D eigenvalue weighted by Crippen LogP contribution is 2.28. The van der Waals surface area contributed by atoms with Crippen molar-refractivity contribution >= 4 is 11.9 Å². The number of unbranched alkanes of at least 4 members (excludes halogenated alkanes) is 1. The molecule has 1 atom stereocenters. The third kappa shape index (κ3) is 7.68. The zero-order chi connectivity index (χ0) is 19.5. The van der Waals surface area contributed by atoms with Crippen molar-refractivity contribution in [3.8, 4) is 0 Å². The summed E-state index contributed by atoms with van der Waals surface area (Å²) >= 11 is 0. The molecule has 0 spiro atoms. The third-order valence-electron chi connectivity index (χ3n) is 6.03. The lowest BCUT2D eigenvalue weighted by Crippen LogP contribution is -2.44. The van der Waals surface area contributed by atoms with Crippen LogP contribution >= 0.6 is 0 Å². The van der Waals surface area contributed by atoms with Crippen molar-refractivity contribution in [3.05, 3.63) is 0 Å². The number of likely N-dealkylation sites (N-methyl/N-ethyl adjacent to an activating group) is 1. The average molecular weight is 380 g/mol. The van der Waals surface area contributed by atoms with Crippen molar-refractivity contribution in [1.82, 2.24) is 20.4 Å². The Morgan fingerprint density at radius 3 is 2.41 bits per heavy atom. The summed E-state index contributed by atoms with van der Waals surface area (Å²) in [5, 5.41) is 6.84.